The zero-order chi connectivity index (χ0) is 16.7. The van der Waals surface area contributed by atoms with E-state index in [4.69, 9.17) is 11.6 Å². The van der Waals surface area contributed by atoms with Crippen LogP contribution in [0.25, 0.3) is 5.69 Å². The van der Waals surface area contributed by atoms with Gasteiger partial charge in [-0.2, -0.15) is 0 Å². The van der Waals surface area contributed by atoms with Crippen LogP contribution in [-0.4, -0.2) is 28.1 Å². The van der Waals surface area contributed by atoms with Crippen LogP contribution in [0, 0.1) is 6.92 Å². The number of hydrogen-bond donors (Lipinski definition) is 1. The summed E-state index contributed by atoms with van der Waals surface area (Å²) in [6.07, 6.45) is 3.54. The molecule has 1 N–H and O–H groups in total. The largest absolute Gasteiger partial charge is 0.317 e. The molecule has 122 valence electrons. The summed E-state index contributed by atoms with van der Waals surface area (Å²) in [6.45, 7) is 2.90. The number of fused-ring (bicyclic) bond motifs is 3. The molecule has 0 saturated carbocycles. The highest BCUT2D eigenvalue weighted by Gasteiger charge is 2.34. The van der Waals surface area contributed by atoms with Gasteiger partial charge in [0.25, 0.3) is 0 Å². The molecule has 0 amide bonds. The molecule has 4 rings (SSSR count). The molecule has 0 saturated heterocycles. The van der Waals surface area contributed by atoms with Crippen LogP contribution in [-0.2, 0) is 0 Å². The van der Waals surface area contributed by atoms with Crippen LogP contribution >= 0.6 is 11.6 Å². The molecule has 3 heterocycles. The van der Waals surface area contributed by atoms with E-state index in [-0.39, 0.29) is 6.04 Å². The summed E-state index contributed by atoms with van der Waals surface area (Å²) < 4.78 is 2.09. The lowest BCUT2D eigenvalue weighted by molar-refractivity contribution is 0.588. The monoisotopic (exact) mass is 339 g/mol. The minimum absolute atomic E-state index is 0.115. The Morgan fingerprint density at radius 3 is 2.79 bits per heavy atom. The van der Waals surface area contributed by atoms with Crippen LogP contribution in [0.5, 0.6) is 0 Å². The van der Waals surface area contributed by atoms with E-state index in [9.17, 15) is 0 Å². The fraction of sp³-hybridized carbons (Fsp3) is 0.222. The van der Waals surface area contributed by atoms with Gasteiger partial charge in [-0.25, -0.2) is 9.97 Å². The van der Waals surface area contributed by atoms with E-state index in [0.717, 1.165) is 29.4 Å². The van der Waals surface area contributed by atoms with E-state index >= 15 is 0 Å². The lowest BCUT2D eigenvalue weighted by Gasteiger charge is -2.39. The highest BCUT2D eigenvalue weighted by atomic mass is 35.5. The Bertz CT molecular complexity index is 889. The third-order valence-electron chi connectivity index (χ3n) is 4.43. The van der Waals surface area contributed by atoms with Crippen LogP contribution in [0.4, 0.5) is 11.5 Å². The first-order valence-electron chi connectivity index (χ1n) is 7.90. The van der Waals surface area contributed by atoms with Gasteiger partial charge in [0, 0.05) is 24.1 Å². The van der Waals surface area contributed by atoms with Crippen molar-refractivity contribution in [3.8, 4) is 5.69 Å². The van der Waals surface area contributed by atoms with Crippen molar-refractivity contribution in [2.75, 3.05) is 18.5 Å². The lowest BCUT2D eigenvalue weighted by atomic mass is 10.1. The van der Waals surface area contributed by atoms with E-state index in [1.54, 1.807) is 0 Å². The first kappa shape index (κ1) is 15.2. The molecule has 0 bridgehead atoms. The first-order valence-corrected chi connectivity index (χ1v) is 8.27. The number of nitrogens with zero attached hydrogens (tertiary/aromatic N) is 4. The van der Waals surface area contributed by atoms with E-state index in [1.807, 2.05) is 25.4 Å². The molecule has 5 nitrogen and oxygen atoms in total. The number of anilines is 2. The zero-order valence-electron chi connectivity index (χ0n) is 13.6. The highest BCUT2D eigenvalue weighted by Crippen LogP contribution is 2.44. The van der Waals surface area contributed by atoms with Crippen molar-refractivity contribution < 1.29 is 0 Å². The maximum Gasteiger partial charge on any atom is 0.163 e. The summed E-state index contributed by atoms with van der Waals surface area (Å²) in [7, 11) is 1.96. The number of likely N-dealkylation sites (N-methyl/N-ethyl adjacent to an activating group) is 1. The zero-order valence-corrected chi connectivity index (χ0v) is 14.3. The normalized spacial score (nSPS) is 16.0. The summed E-state index contributed by atoms with van der Waals surface area (Å²) in [6, 6.07) is 12.6. The van der Waals surface area contributed by atoms with Crippen molar-refractivity contribution in [2.45, 2.75) is 13.0 Å². The Hall–Kier alpha value is -2.37. The van der Waals surface area contributed by atoms with Crippen molar-refractivity contribution in [1.29, 1.82) is 0 Å². The Labute approximate surface area is 145 Å². The number of nitrogens with one attached hydrogen (secondary N) is 1. The van der Waals surface area contributed by atoms with Crippen molar-refractivity contribution in [3.05, 3.63) is 65.3 Å². The summed E-state index contributed by atoms with van der Waals surface area (Å²) in [4.78, 5) is 11.0. The number of para-hydroxylation sites is 1. The van der Waals surface area contributed by atoms with E-state index in [1.165, 1.54) is 11.9 Å². The third kappa shape index (κ3) is 2.20. The lowest BCUT2D eigenvalue weighted by Crippen LogP contribution is -2.37. The number of hydrogen-bond acceptors (Lipinski definition) is 4. The second kappa shape index (κ2) is 5.92. The number of aromatic nitrogens is 3. The number of halogens is 1. The van der Waals surface area contributed by atoms with Gasteiger partial charge in [0.1, 0.15) is 12.0 Å². The maximum atomic E-state index is 6.43. The molecule has 24 heavy (non-hydrogen) atoms. The first-order chi connectivity index (χ1) is 11.7. The molecule has 6 heteroatoms. The molecule has 0 fully saturated rings. The van der Waals surface area contributed by atoms with Gasteiger partial charge in [0.2, 0.25) is 0 Å². The van der Waals surface area contributed by atoms with Gasteiger partial charge in [-0.1, -0.05) is 29.8 Å². The van der Waals surface area contributed by atoms with Gasteiger partial charge in [0.15, 0.2) is 11.0 Å². The van der Waals surface area contributed by atoms with Gasteiger partial charge < -0.3 is 14.8 Å². The second-order valence-corrected chi connectivity index (χ2v) is 6.23. The minimum Gasteiger partial charge on any atom is -0.317 e. The van der Waals surface area contributed by atoms with Crippen LogP contribution in [0.3, 0.4) is 0 Å². The standard InChI is InChI=1S/C18H18ClN5/c1-12-6-3-4-7-13(12)24-15(10-20-2)14-8-5-9-23(14)16-17(19)21-11-22-18(16)24/h3-9,11,15,20H,10H2,1-2H3. The van der Waals surface area contributed by atoms with Gasteiger partial charge >= 0.3 is 0 Å². The summed E-state index contributed by atoms with van der Waals surface area (Å²) in [5, 5.41) is 3.76. The average Bonchev–Trinajstić information content (AvgIpc) is 3.06. The molecule has 1 atom stereocenters. The van der Waals surface area contributed by atoms with Crippen LogP contribution in [0.15, 0.2) is 48.9 Å². The summed E-state index contributed by atoms with van der Waals surface area (Å²) >= 11 is 6.43. The molecule has 1 aliphatic heterocycles. The van der Waals surface area contributed by atoms with Crippen molar-refractivity contribution >= 4 is 23.1 Å². The summed E-state index contributed by atoms with van der Waals surface area (Å²) in [5.74, 6) is 0.827. The Kier molecular flexibility index (Phi) is 3.75. The van der Waals surface area contributed by atoms with Crippen molar-refractivity contribution in [2.24, 2.45) is 0 Å². The number of benzene rings is 1. The van der Waals surface area contributed by atoms with E-state index in [2.05, 4.69) is 55.9 Å². The predicted octanol–water partition coefficient (Wildman–Crippen LogP) is 3.64. The van der Waals surface area contributed by atoms with Crippen LogP contribution < -0.4 is 10.2 Å². The average molecular weight is 340 g/mol. The molecule has 2 aromatic heterocycles. The van der Waals surface area contributed by atoms with Gasteiger partial charge in [-0.15, -0.1) is 0 Å². The fourth-order valence-electron chi connectivity index (χ4n) is 3.39. The van der Waals surface area contributed by atoms with E-state index < -0.39 is 0 Å². The molecular formula is C18H18ClN5. The quantitative estimate of drug-likeness (QED) is 0.740. The van der Waals surface area contributed by atoms with E-state index in [0.29, 0.717) is 5.15 Å². The van der Waals surface area contributed by atoms with Crippen LogP contribution in [0.2, 0.25) is 5.15 Å². The minimum atomic E-state index is 0.115. The van der Waals surface area contributed by atoms with Crippen molar-refractivity contribution in [1.82, 2.24) is 19.9 Å². The fourth-order valence-corrected chi connectivity index (χ4v) is 3.61. The maximum absolute atomic E-state index is 6.43. The molecule has 1 aliphatic rings. The Morgan fingerprint density at radius 1 is 1.17 bits per heavy atom. The molecule has 0 radical (unpaired) electrons. The number of aryl methyl sites for hydroxylation is 1. The molecule has 0 spiro atoms. The molecule has 1 aromatic carbocycles. The van der Waals surface area contributed by atoms with Gasteiger partial charge in [-0.05, 0) is 37.7 Å². The van der Waals surface area contributed by atoms with Gasteiger partial charge in [0.05, 0.1) is 6.04 Å². The van der Waals surface area contributed by atoms with Crippen LogP contribution in [0.1, 0.15) is 17.3 Å². The molecular weight excluding hydrogens is 322 g/mol. The third-order valence-corrected chi connectivity index (χ3v) is 4.71. The Balaban J connectivity index is 2.01. The highest BCUT2D eigenvalue weighted by molar-refractivity contribution is 6.31. The topological polar surface area (TPSA) is 46.0 Å². The molecule has 0 aliphatic carbocycles. The van der Waals surface area contributed by atoms with Gasteiger partial charge in [-0.3, -0.25) is 0 Å². The Morgan fingerprint density at radius 2 is 2.00 bits per heavy atom. The summed E-state index contributed by atoms with van der Waals surface area (Å²) in [5.41, 5.74) is 4.31. The number of rotatable bonds is 3. The second-order valence-electron chi connectivity index (χ2n) is 5.87. The predicted molar refractivity (Wildman–Crippen MR) is 96.4 cm³/mol. The van der Waals surface area contributed by atoms with Crippen molar-refractivity contribution in [3.63, 3.8) is 0 Å². The molecule has 3 aromatic rings. The SMILES string of the molecule is CNCC1c2cccn2-c2c(Cl)ncnc2N1c1ccccc1C. The smallest absolute Gasteiger partial charge is 0.163 e. The molecule has 1 unspecified atom stereocenters.